The van der Waals surface area contributed by atoms with Crippen LogP contribution in [0.2, 0.25) is 0 Å². The molecule has 0 unspecified atom stereocenters. The topological polar surface area (TPSA) is 64.4 Å². The van der Waals surface area contributed by atoms with Crippen molar-refractivity contribution in [2.45, 2.75) is 26.5 Å². The molecule has 5 nitrogen and oxygen atoms in total. The van der Waals surface area contributed by atoms with E-state index in [1.807, 2.05) is 30.3 Å². The minimum Gasteiger partial charge on any atom is -0.486 e. The molecule has 0 atom stereocenters. The number of carboxylic acids is 1. The lowest BCUT2D eigenvalue weighted by atomic mass is 10.2. The molecule has 0 aliphatic rings. The van der Waals surface area contributed by atoms with E-state index in [9.17, 15) is 4.79 Å². The zero-order chi connectivity index (χ0) is 16.4. The van der Waals surface area contributed by atoms with Crippen LogP contribution in [0.4, 0.5) is 0 Å². The van der Waals surface area contributed by atoms with Gasteiger partial charge in [0.15, 0.2) is 0 Å². The fourth-order valence-corrected chi connectivity index (χ4v) is 2.62. The van der Waals surface area contributed by atoms with Gasteiger partial charge in [0.05, 0.1) is 16.6 Å². The quantitative estimate of drug-likeness (QED) is 0.776. The van der Waals surface area contributed by atoms with Crippen LogP contribution in [0.25, 0.3) is 11.0 Å². The summed E-state index contributed by atoms with van der Waals surface area (Å²) in [5, 5.41) is 9.12. The van der Waals surface area contributed by atoms with Crippen molar-refractivity contribution in [1.82, 2.24) is 9.55 Å². The Morgan fingerprint density at radius 2 is 1.96 bits per heavy atom. The Balaban J connectivity index is 1.98. The third-order valence-electron chi connectivity index (χ3n) is 3.64. The van der Waals surface area contributed by atoms with Crippen LogP contribution in [0.5, 0.6) is 5.75 Å². The number of benzene rings is 2. The Hall–Kier alpha value is -2.82. The predicted octanol–water partition coefficient (Wildman–Crippen LogP) is 3.89. The lowest BCUT2D eigenvalue weighted by molar-refractivity contribution is 0.0697. The van der Waals surface area contributed by atoms with E-state index < -0.39 is 5.97 Å². The van der Waals surface area contributed by atoms with Gasteiger partial charge in [-0.3, -0.25) is 0 Å². The van der Waals surface area contributed by atoms with Crippen LogP contribution in [0.1, 0.15) is 36.1 Å². The second-order valence-electron chi connectivity index (χ2n) is 5.60. The maximum atomic E-state index is 11.1. The van der Waals surface area contributed by atoms with Crippen LogP contribution in [0, 0.1) is 0 Å². The number of para-hydroxylation sites is 1. The van der Waals surface area contributed by atoms with Gasteiger partial charge in [-0.25, -0.2) is 9.78 Å². The zero-order valence-corrected chi connectivity index (χ0v) is 13.1. The van der Waals surface area contributed by atoms with Crippen LogP contribution in [-0.4, -0.2) is 20.6 Å². The van der Waals surface area contributed by atoms with Gasteiger partial charge in [0, 0.05) is 6.04 Å². The van der Waals surface area contributed by atoms with Gasteiger partial charge in [-0.2, -0.15) is 0 Å². The van der Waals surface area contributed by atoms with Crippen molar-refractivity contribution in [2.75, 3.05) is 0 Å². The number of hydrogen-bond donors (Lipinski definition) is 1. The standard InChI is InChI=1S/C18H18N2O3/c1-12(2)20-16-9-8-13(18(21)22)10-15(16)19-17(20)11-23-14-6-4-3-5-7-14/h3-10,12H,11H2,1-2H3,(H,21,22). The van der Waals surface area contributed by atoms with E-state index in [1.165, 1.54) is 0 Å². The monoisotopic (exact) mass is 310 g/mol. The lowest BCUT2D eigenvalue weighted by Crippen LogP contribution is -2.09. The van der Waals surface area contributed by atoms with Gasteiger partial charge in [0.25, 0.3) is 0 Å². The normalized spacial score (nSPS) is 11.1. The largest absolute Gasteiger partial charge is 0.486 e. The van der Waals surface area contributed by atoms with E-state index in [-0.39, 0.29) is 11.6 Å². The van der Waals surface area contributed by atoms with Gasteiger partial charge in [-0.15, -0.1) is 0 Å². The maximum absolute atomic E-state index is 11.1. The van der Waals surface area contributed by atoms with Crippen molar-refractivity contribution in [3.05, 3.63) is 59.9 Å². The molecule has 1 N–H and O–H groups in total. The molecular weight excluding hydrogens is 292 g/mol. The third kappa shape index (κ3) is 3.04. The Labute approximate surface area is 134 Å². The summed E-state index contributed by atoms with van der Waals surface area (Å²) >= 11 is 0. The van der Waals surface area contributed by atoms with Crippen LogP contribution >= 0.6 is 0 Å². The van der Waals surface area contributed by atoms with Crippen molar-refractivity contribution in [3.63, 3.8) is 0 Å². The Morgan fingerprint density at radius 3 is 2.61 bits per heavy atom. The molecule has 0 saturated carbocycles. The molecule has 3 aromatic rings. The summed E-state index contributed by atoms with van der Waals surface area (Å²) < 4.78 is 7.86. The van der Waals surface area contributed by atoms with E-state index in [2.05, 4.69) is 23.4 Å². The number of fused-ring (bicyclic) bond motifs is 1. The Bertz CT molecular complexity index is 838. The number of carbonyl (C=O) groups is 1. The number of nitrogens with zero attached hydrogens (tertiary/aromatic N) is 2. The molecule has 0 aliphatic carbocycles. The SMILES string of the molecule is CC(C)n1c(COc2ccccc2)nc2cc(C(=O)O)ccc21. The van der Waals surface area contributed by atoms with Crippen LogP contribution in [0.3, 0.4) is 0 Å². The number of imidazole rings is 1. The van der Waals surface area contributed by atoms with Crippen molar-refractivity contribution >= 4 is 17.0 Å². The highest BCUT2D eigenvalue weighted by molar-refractivity contribution is 5.92. The van der Waals surface area contributed by atoms with Crippen molar-refractivity contribution in [3.8, 4) is 5.75 Å². The summed E-state index contributed by atoms with van der Waals surface area (Å²) in [6.07, 6.45) is 0. The van der Waals surface area contributed by atoms with Gasteiger partial charge in [0.2, 0.25) is 0 Å². The minimum absolute atomic E-state index is 0.199. The minimum atomic E-state index is -0.951. The number of ether oxygens (including phenoxy) is 1. The molecule has 0 fully saturated rings. The van der Waals surface area contributed by atoms with Gasteiger partial charge in [-0.1, -0.05) is 18.2 Å². The molecule has 1 aromatic heterocycles. The van der Waals surface area contributed by atoms with Crippen molar-refractivity contribution in [2.24, 2.45) is 0 Å². The van der Waals surface area contributed by atoms with Crippen LogP contribution in [0.15, 0.2) is 48.5 Å². The number of rotatable bonds is 5. The van der Waals surface area contributed by atoms with E-state index in [0.29, 0.717) is 12.1 Å². The molecule has 0 saturated heterocycles. The third-order valence-corrected chi connectivity index (χ3v) is 3.64. The fourth-order valence-electron chi connectivity index (χ4n) is 2.62. The van der Waals surface area contributed by atoms with E-state index >= 15 is 0 Å². The molecular formula is C18H18N2O3. The summed E-state index contributed by atoms with van der Waals surface area (Å²) in [6.45, 7) is 4.47. The number of aromatic carboxylic acids is 1. The molecule has 2 aromatic carbocycles. The summed E-state index contributed by atoms with van der Waals surface area (Å²) in [5.74, 6) is 0.607. The molecule has 0 bridgehead atoms. The first-order valence-electron chi connectivity index (χ1n) is 7.48. The molecule has 1 heterocycles. The molecule has 0 spiro atoms. The predicted molar refractivity (Wildman–Crippen MR) is 87.9 cm³/mol. The molecule has 0 aliphatic heterocycles. The van der Waals surface area contributed by atoms with Gasteiger partial charge >= 0.3 is 5.97 Å². The zero-order valence-electron chi connectivity index (χ0n) is 13.1. The smallest absolute Gasteiger partial charge is 0.335 e. The van der Waals surface area contributed by atoms with Crippen LogP contribution < -0.4 is 4.74 Å². The highest BCUT2D eigenvalue weighted by atomic mass is 16.5. The maximum Gasteiger partial charge on any atom is 0.335 e. The molecule has 23 heavy (non-hydrogen) atoms. The van der Waals surface area contributed by atoms with Gasteiger partial charge in [-0.05, 0) is 44.2 Å². The first-order valence-corrected chi connectivity index (χ1v) is 7.48. The Morgan fingerprint density at radius 1 is 1.22 bits per heavy atom. The van der Waals surface area contributed by atoms with Gasteiger partial charge in [0.1, 0.15) is 18.2 Å². The van der Waals surface area contributed by atoms with Crippen LogP contribution in [-0.2, 0) is 6.61 Å². The first-order chi connectivity index (χ1) is 11.1. The average Bonchev–Trinajstić information content (AvgIpc) is 2.91. The van der Waals surface area contributed by atoms with Crippen molar-refractivity contribution < 1.29 is 14.6 Å². The summed E-state index contributed by atoms with van der Waals surface area (Å²) in [7, 11) is 0. The second kappa shape index (κ2) is 6.12. The lowest BCUT2D eigenvalue weighted by Gasteiger charge is -2.13. The summed E-state index contributed by atoms with van der Waals surface area (Å²) in [4.78, 5) is 15.7. The number of carboxylic acid groups (broad SMARTS) is 1. The summed E-state index contributed by atoms with van der Waals surface area (Å²) in [5.41, 5.74) is 1.82. The highest BCUT2D eigenvalue weighted by Gasteiger charge is 2.15. The highest BCUT2D eigenvalue weighted by Crippen LogP contribution is 2.23. The van der Waals surface area contributed by atoms with Crippen molar-refractivity contribution in [1.29, 1.82) is 0 Å². The summed E-state index contributed by atoms with van der Waals surface area (Å²) in [6, 6.07) is 14.8. The molecule has 3 rings (SSSR count). The Kier molecular flexibility index (Phi) is 4.02. The average molecular weight is 310 g/mol. The fraction of sp³-hybridized carbons (Fsp3) is 0.222. The molecule has 0 radical (unpaired) electrons. The van der Waals surface area contributed by atoms with E-state index in [1.54, 1.807) is 18.2 Å². The van der Waals surface area contributed by atoms with Gasteiger partial charge < -0.3 is 14.4 Å². The first kappa shape index (κ1) is 15.1. The van der Waals surface area contributed by atoms with E-state index in [0.717, 1.165) is 17.1 Å². The number of hydrogen-bond acceptors (Lipinski definition) is 3. The van der Waals surface area contributed by atoms with E-state index in [4.69, 9.17) is 9.84 Å². The number of aromatic nitrogens is 2. The molecule has 5 heteroatoms. The molecule has 118 valence electrons. The second-order valence-corrected chi connectivity index (χ2v) is 5.60. The molecule has 0 amide bonds.